The van der Waals surface area contributed by atoms with Crippen LogP contribution in [0.1, 0.15) is 10.4 Å². The lowest BCUT2D eigenvalue weighted by Crippen LogP contribution is -2.13. The number of sulfonamides is 1. The van der Waals surface area contributed by atoms with Crippen LogP contribution < -0.4 is 4.72 Å². The van der Waals surface area contributed by atoms with Crippen molar-refractivity contribution in [2.75, 3.05) is 4.72 Å². The Hall–Kier alpha value is -2.53. The van der Waals surface area contributed by atoms with Gasteiger partial charge in [0, 0.05) is 5.38 Å². The topological polar surface area (TPSA) is 138 Å². The first kappa shape index (κ1) is 13.5. The Morgan fingerprint density at radius 2 is 2.14 bits per heavy atom. The molecule has 3 aromatic rings. The number of carboxylic acid groups (broad SMARTS) is 1. The second-order valence-corrected chi connectivity index (χ2v) is 6.71. The van der Waals surface area contributed by atoms with Crippen molar-refractivity contribution in [3.8, 4) is 0 Å². The van der Waals surface area contributed by atoms with E-state index in [2.05, 4.69) is 24.7 Å². The summed E-state index contributed by atoms with van der Waals surface area (Å²) in [5, 5.41) is 10.1. The summed E-state index contributed by atoms with van der Waals surface area (Å²) in [4.78, 5) is 25.1. The van der Waals surface area contributed by atoms with E-state index in [-0.39, 0.29) is 15.6 Å². The average molecular weight is 325 g/mol. The number of rotatable bonds is 4. The number of carbonyl (C=O) groups is 1. The Morgan fingerprint density at radius 3 is 2.86 bits per heavy atom. The molecule has 0 radical (unpaired) electrons. The summed E-state index contributed by atoms with van der Waals surface area (Å²) in [6, 6.07) is 1.08. The first-order chi connectivity index (χ1) is 9.97. The largest absolute Gasteiger partial charge is 0.478 e. The minimum absolute atomic E-state index is 0.0442. The van der Waals surface area contributed by atoms with Crippen molar-refractivity contribution in [3.05, 3.63) is 29.7 Å². The Bertz CT molecular complexity index is 930. The maximum atomic E-state index is 12.2. The molecule has 0 spiro atoms. The Kier molecular flexibility index (Phi) is 3.07. The van der Waals surface area contributed by atoms with Crippen molar-refractivity contribution >= 4 is 44.3 Å². The van der Waals surface area contributed by atoms with E-state index in [1.54, 1.807) is 0 Å². The number of aromatic amines is 1. The molecule has 0 atom stereocenters. The van der Waals surface area contributed by atoms with Gasteiger partial charge in [0.1, 0.15) is 16.1 Å². The Labute approximate surface area is 121 Å². The smallest absolute Gasteiger partial charge is 0.336 e. The lowest BCUT2D eigenvalue weighted by atomic mass is 10.4. The van der Waals surface area contributed by atoms with E-state index < -0.39 is 16.0 Å². The van der Waals surface area contributed by atoms with Crippen molar-refractivity contribution < 1.29 is 18.3 Å². The van der Waals surface area contributed by atoms with E-state index in [4.69, 9.17) is 5.11 Å². The van der Waals surface area contributed by atoms with Gasteiger partial charge in [-0.25, -0.2) is 28.2 Å². The summed E-state index contributed by atoms with van der Waals surface area (Å²) >= 11 is 0.811. The second kappa shape index (κ2) is 4.79. The van der Waals surface area contributed by atoms with E-state index in [0.717, 1.165) is 17.4 Å². The van der Waals surface area contributed by atoms with Crippen LogP contribution >= 0.6 is 11.3 Å². The third kappa shape index (κ3) is 2.43. The molecule has 0 unspecified atom stereocenters. The monoisotopic (exact) mass is 325 g/mol. The van der Waals surface area contributed by atoms with Crippen LogP contribution in [0.2, 0.25) is 0 Å². The van der Waals surface area contributed by atoms with Gasteiger partial charge in [-0.2, -0.15) is 0 Å². The summed E-state index contributed by atoms with van der Waals surface area (Å²) in [7, 11) is -3.93. The number of hydrogen-bond acceptors (Lipinski definition) is 7. The summed E-state index contributed by atoms with van der Waals surface area (Å²) in [6.45, 7) is 0. The number of nitrogens with one attached hydrogen (secondary N) is 2. The quantitative estimate of drug-likeness (QED) is 0.648. The van der Waals surface area contributed by atoms with Gasteiger partial charge < -0.3 is 10.1 Å². The predicted octanol–water partition coefficient (Wildman–Crippen LogP) is 0.913. The first-order valence-corrected chi connectivity index (χ1v) is 7.82. The van der Waals surface area contributed by atoms with Crippen LogP contribution in [0.5, 0.6) is 0 Å². The summed E-state index contributed by atoms with van der Waals surface area (Å²) in [6.07, 6.45) is 2.54. The molecule has 9 nitrogen and oxygen atoms in total. The molecule has 0 aromatic carbocycles. The lowest BCUT2D eigenvalue weighted by molar-refractivity contribution is 0.0697. The summed E-state index contributed by atoms with van der Waals surface area (Å²) in [5.41, 5.74) is 0.575. The third-order valence-corrected chi connectivity index (χ3v) is 5.32. The summed E-state index contributed by atoms with van der Waals surface area (Å²) in [5.74, 6) is -1.14. The highest BCUT2D eigenvalue weighted by Gasteiger charge is 2.21. The molecule has 0 saturated carbocycles. The van der Waals surface area contributed by atoms with Gasteiger partial charge in [0.2, 0.25) is 0 Å². The lowest BCUT2D eigenvalue weighted by Gasteiger charge is -2.05. The van der Waals surface area contributed by atoms with Crippen LogP contribution in [0.25, 0.3) is 11.2 Å². The number of H-pyrrole nitrogens is 1. The van der Waals surface area contributed by atoms with Crippen LogP contribution in [-0.2, 0) is 10.0 Å². The number of carboxylic acids is 1. The minimum atomic E-state index is -3.93. The van der Waals surface area contributed by atoms with Gasteiger partial charge in [-0.3, -0.25) is 4.72 Å². The Morgan fingerprint density at radius 1 is 1.33 bits per heavy atom. The van der Waals surface area contributed by atoms with E-state index in [1.165, 1.54) is 18.0 Å². The zero-order valence-corrected chi connectivity index (χ0v) is 11.8. The molecular weight excluding hydrogens is 318 g/mol. The van der Waals surface area contributed by atoms with E-state index in [1.807, 2.05) is 0 Å². The van der Waals surface area contributed by atoms with Crippen molar-refractivity contribution in [1.29, 1.82) is 0 Å². The molecule has 0 aliphatic heterocycles. The third-order valence-electron chi connectivity index (χ3n) is 2.54. The molecule has 11 heteroatoms. The van der Waals surface area contributed by atoms with Gasteiger partial charge in [0.05, 0.1) is 11.9 Å². The number of nitrogens with zero attached hydrogens (tertiary/aromatic N) is 3. The number of hydrogen-bond donors (Lipinski definition) is 3. The van der Waals surface area contributed by atoms with Gasteiger partial charge in [0.25, 0.3) is 10.0 Å². The molecule has 3 rings (SSSR count). The zero-order valence-electron chi connectivity index (χ0n) is 10.1. The number of aromatic carboxylic acids is 1. The van der Waals surface area contributed by atoms with Gasteiger partial charge in [-0.15, -0.1) is 11.3 Å². The van der Waals surface area contributed by atoms with E-state index in [0.29, 0.717) is 11.2 Å². The van der Waals surface area contributed by atoms with Gasteiger partial charge in [-0.1, -0.05) is 0 Å². The molecular formula is C10H7N5O4S2. The van der Waals surface area contributed by atoms with Crippen LogP contribution in [0.15, 0.2) is 28.3 Å². The molecule has 3 aromatic heterocycles. The molecule has 0 aliphatic carbocycles. The van der Waals surface area contributed by atoms with E-state index in [9.17, 15) is 13.2 Å². The zero-order chi connectivity index (χ0) is 15.0. The van der Waals surface area contributed by atoms with Gasteiger partial charge >= 0.3 is 5.97 Å². The van der Waals surface area contributed by atoms with Crippen molar-refractivity contribution in [2.45, 2.75) is 4.21 Å². The fourth-order valence-electron chi connectivity index (χ4n) is 1.59. The normalized spacial score (nSPS) is 11.6. The van der Waals surface area contributed by atoms with Gasteiger partial charge in [0.15, 0.2) is 11.5 Å². The SMILES string of the molecule is O=C(O)c1csc(S(=O)(=O)Nc2ncnc3nc[nH]c23)c1. The number of anilines is 1. The molecule has 21 heavy (non-hydrogen) atoms. The molecule has 0 bridgehead atoms. The number of fused-ring (bicyclic) bond motifs is 1. The number of imidazole rings is 1. The van der Waals surface area contributed by atoms with Crippen LogP contribution in [-0.4, -0.2) is 39.4 Å². The van der Waals surface area contributed by atoms with E-state index >= 15 is 0 Å². The minimum Gasteiger partial charge on any atom is -0.478 e. The molecule has 3 heterocycles. The highest BCUT2D eigenvalue weighted by Crippen LogP contribution is 2.24. The van der Waals surface area contributed by atoms with Crippen LogP contribution in [0, 0.1) is 0 Å². The van der Waals surface area contributed by atoms with Gasteiger partial charge in [-0.05, 0) is 6.07 Å². The standard InChI is InChI=1S/C10H7N5O4S2/c16-10(17)5-1-6(20-2-5)21(18,19)15-9-7-8(12-3-11-7)13-4-14-9/h1-4H,(H,16,17)(H2,11,12,13,14,15). The fraction of sp³-hybridized carbons (Fsp3) is 0. The highest BCUT2D eigenvalue weighted by molar-refractivity contribution is 7.94. The first-order valence-electron chi connectivity index (χ1n) is 5.46. The van der Waals surface area contributed by atoms with Crippen molar-refractivity contribution in [3.63, 3.8) is 0 Å². The molecule has 0 amide bonds. The maximum Gasteiger partial charge on any atom is 0.336 e. The fourth-order valence-corrected chi connectivity index (χ4v) is 3.76. The Balaban J connectivity index is 1.99. The van der Waals surface area contributed by atoms with Crippen molar-refractivity contribution in [1.82, 2.24) is 19.9 Å². The molecule has 0 aliphatic rings. The van der Waals surface area contributed by atoms with Crippen molar-refractivity contribution in [2.24, 2.45) is 0 Å². The van der Waals surface area contributed by atoms with Crippen LogP contribution in [0.3, 0.4) is 0 Å². The predicted molar refractivity (Wildman–Crippen MR) is 73.8 cm³/mol. The van der Waals surface area contributed by atoms with Crippen LogP contribution in [0.4, 0.5) is 5.82 Å². The molecule has 3 N–H and O–H groups in total. The highest BCUT2D eigenvalue weighted by atomic mass is 32.2. The molecule has 108 valence electrons. The molecule has 0 saturated heterocycles. The maximum absolute atomic E-state index is 12.2. The summed E-state index contributed by atoms with van der Waals surface area (Å²) < 4.78 is 26.6. The second-order valence-electron chi connectivity index (χ2n) is 3.89. The number of thiophene rings is 1. The molecule has 0 fully saturated rings. The average Bonchev–Trinajstić information content (AvgIpc) is 3.08. The number of aromatic nitrogens is 4.